The molecule has 1 aliphatic rings. The number of rotatable bonds is 5. The molecule has 1 saturated heterocycles. The van der Waals surface area contributed by atoms with Gasteiger partial charge in [-0.3, -0.25) is 0 Å². The second-order valence-corrected chi connectivity index (χ2v) is 15.3. The molecule has 31 heavy (non-hydrogen) atoms. The smallest absolute Gasteiger partial charge is 0.350 e. The van der Waals surface area contributed by atoms with Gasteiger partial charge in [0.1, 0.15) is 11.2 Å². The van der Waals surface area contributed by atoms with E-state index in [0.29, 0.717) is 53.8 Å². The Balaban J connectivity index is 2.09. The summed E-state index contributed by atoms with van der Waals surface area (Å²) in [7, 11) is -1.94. The predicted molar refractivity (Wildman–Crippen MR) is 129 cm³/mol. The van der Waals surface area contributed by atoms with Crippen LogP contribution in [0.1, 0.15) is 32.8 Å². The van der Waals surface area contributed by atoms with Gasteiger partial charge in [0, 0.05) is 18.7 Å². The highest BCUT2D eigenvalue weighted by Crippen LogP contribution is 2.37. The van der Waals surface area contributed by atoms with E-state index in [1.165, 1.54) is 11.8 Å². The van der Waals surface area contributed by atoms with E-state index in [1.807, 2.05) is 6.26 Å². The SMILES string of the molecule is CSc1nc(N2CCOCCC2CO[Si](C)(C)C(C)(C)C)c2c(=O)oc(Cl)c(C)c2n1. The zero-order valence-corrected chi connectivity index (χ0v) is 21.9. The van der Waals surface area contributed by atoms with Crippen LogP contribution in [0.5, 0.6) is 0 Å². The highest BCUT2D eigenvalue weighted by atomic mass is 35.5. The van der Waals surface area contributed by atoms with Gasteiger partial charge in [-0.25, -0.2) is 14.8 Å². The largest absolute Gasteiger partial charge is 0.415 e. The van der Waals surface area contributed by atoms with Crippen LogP contribution in [0.3, 0.4) is 0 Å². The van der Waals surface area contributed by atoms with Crippen molar-refractivity contribution in [2.45, 2.75) is 63.4 Å². The van der Waals surface area contributed by atoms with Gasteiger partial charge < -0.3 is 18.5 Å². The molecule has 2 aromatic heterocycles. The molecule has 7 nitrogen and oxygen atoms in total. The average molecular weight is 486 g/mol. The third-order valence-electron chi connectivity index (χ3n) is 6.32. The lowest BCUT2D eigenvalue weighted by Crippen LogP contribution is -2.47. The fraction of sp³-hybridized carbons (Fsp3) is 0.667. The number of hydrogen-bond acceptors (Lipinski definition) is 8. The van der Waals surface area contributed by atoms with E-state index in [1.54, 1.807) is 6.92 Å². The van der Waals surface area contributed by atoms with Crippen LogP contribution in [0.15, 0.2) is 14.4 Å². The van der Waals surface area contributed by atoms with Gasteiger partial charge in [-0.05, 0) is 49.3 Å². The normalized spacial score (nSPS) is 18.5. The maximum absolute atomic E-state index is 12.8. The molecule has 0 bridgehead atoms. The van der Waals surface area contributed by atoms with Gasteiger partial charge >= 0.3 is 5.63 Å². The van der Waals surface area contributed by atoms with Gasteiger partial charge in [-0.1, -0.05) is 32.5 Å². The van der Waals surface area contributed by atoms with Crippen LogP contribution in [0, 0.1) is 6.92 Å². The maximum Gasteiger partial charge on any atom is 0.350 e. The molecule has 0 N–H and O–H groups in total. The number of fused-ring (bicyclic) bond motifs is 1. The van der Waals surface area contributed by atoms with E-state index in [2.05, 4.69) is 43.7 Å². The summed E-state index contributed by atoms with van der Waals surface area (Å²) < 4.78 is 17.6. The third-order valence-corrected chi connectivity index (χ3v) is 11.7. The lowest BCUT2D eigenvalue weighted by molar-refractivity contribution is 0.147. The molecule has 3 rings (SSSR count). The summed E-state index contributed by atoms with van der Waals surface area (Å²) in [6, 6.07) is 0.0276. The van der Waals surface area contributed by atoms with Crippen molar-refractivity contribution in [2.75, 3.05) is 37.5 Å². The van der Waals surface area contributed by atoms with Crippen molar-refractivity contribution in [3.63, 3.8) is 0 Å². The van der Waals surface area contributed by atoms with Crippen LogP contribution < -0.4 is 10.5 Å². The molecule has 10 heteroatoms. The van der Waals surface area contributed by atoms with E-state index in [9.17, 15) is 4.79 Å². The minimum Gasteiger partial charge on any atom is -0.415 e. The number of ether oxygens (including phenoxy) is 1. The molecular weight excluding hydrogens is 454 g/mol. The average Bonchev–Trinajstić information content (AvgIpc) is 2.94. The van der Waals surface area contributed by atoms with Crippen molar-refractivity contribution in [3.05, 3.63) is 21.2 Å². The van der Waals surface area contributed by atoms with Crippen molar-refractivity contribution in [1.29, 1.82) is 0 Å². The van der Waals surface area contributed by atoms with Crippen molar-refractivity contribution in [3.8, 4) is 0 Å². The summed E-state index contributed by atoms with van der Waals surface area (Å²) in [6.07, 6.45) is 2.70. The monoisotopic (exact) mass is 485 g/mol. The molecule has 0 saturated carbocycles. The molecule has 1 aliphatic heterocycles. The van der Waals surface area contributed by atoms with E-state index in [0.717, 1.165) is 6.42 Å². The highest BCUT2D eigenvalue weighted by Gasteiger charge is 2.38. The molecule has 0 amide bonds. The number of thioether (sulfide) groups is 1. The first kappa shape index (κ1) is 24.5. The summed E-state index contributed by atoms with van der Waals surface area (Å²) in [4.78, 5) is 24.3. The molecule has 0 aliphatic carbocycles. The van der Waals surface area contributed by atoms with Crippen LogP contribution in [0.2, 0.25) is 23.4 Å². The molecule has 3 heterocycles. The minimum atomic E-state index is -1.94. The van der Waals surface area contributed by atoms with Gasteiger partial charge in [0.25, 0.3) is 0 Å². The first-order chi connectivity index (χ1) is 14.5. The molecule has 1 fully saturated rings. The Morgan fingerprint density at radius 2 is 2.00 bits per heavy atom. The predicted octanol–water partition coefficient (Wildman–Crippen LogP) is 4.88. The van der Waals surface area contributed by atoms with Crippen molar-refractivity contribution < 1.29 is 13.6 Å². The molecule has 1 unspecified atom stereocenters. The van der Waals surface area contributed by atoms with Gasteiger partial charge in [0.15, 0.2) is 13.5 Å². The summed E-state index contributed by atoms with van der Waals surface area (Å²) in [6.45, 7) is 15.3. The molecule has 172 valence electrons. The second kappa shape index (κ2) is 9.39. The van der Waals surface area contributed by atoms with Crippen LogP contribution in [-0.4, -0.2) is 56.9 Å². The molecule has 2 aromatic rings. The summed E-state index contributed by atoms with van der Waals surface area (Å²) in [5.41, 5.74) is 0.641. The highest BCUT2D eigenvalue weighted by molar-refractivity contribution is 7.98. The lowest BCUT2D eigenvalue weighted by atomic mass is 10.1. The van der Waals surface area contributed by atoms with Crippen LogP contribution >= 0.6 is 23.4 Å². The molecular formula is C21H32ClN3O4SSi. The van der Waals surface area contributed by atoms with E-state index in [4.69, 9.17) is 30.2 Å². The Kier molecular flexibility index (Phi) is 7.42. The summed E-state index contributed by atoms with van der Waals surface area (Å²) in [5.74, 6) is 0.567. The molecule has 0 aromatic carbocycles. The van der Waals surface area contributed by atoms with Gasteiger partial charge in [-0.2, -0.15) is 0 Å². The number of nitrogens with zero attached hydrogens (tertiary/aromatic N) is 3. The van der Waals surface area contributed by atoms with Crippen molar-refractivity contribution >= 4 is 48.4 Å². The van der Waals surface area contributed by atoms with Gasteiger partial charge in [0.05, 0.1) is 24.8 Å². The summed E-state index contributed by atoms with van der Waals surface area (Å²) in [5, 5.41) is 1.12. The Hall–Kier alpha value is -1.13. The standard InChI is InChI=1S/C21H32ClN3O4SSi/c1-13-16-15(19(26)29-17(13)22)18(24-20(23-16)30-5)25-9-11-27-10-8-14(25)12-28-31(6,7)21(2,3)4/h14H,8-12H2,1-7H3. The van der Waals surface area contributed by atoms with E-state index < -0.39 is 13.9 Å². The Labute approximate surface area is 194 Å². The first-order valence-corrected chi connectivity index (χ1v) is 15.0. The Bertz CT molecular complexity index is 1010. The number of anilines is 1. The van der Waals surface area contributed by atoms with E-state index in [-0.39, 0.29) is 16.3 Å². The number of halogens is 1. The Morgan fingerprint density at radius 3 is 2.65 bits per heavy atom. The zero-order chi connectivity index (χ0) is 23.0. The fourth-order valence-corrected chi connectivity index (χ4v) is 4.85. The van der Waals surface area contributed by atoms with Crippen LogP contribution in [0.4, 0.5) is 5.82 Å². The lowest BCUT2D eigenvalue weighted by Gasteiger charge is -2.39. The number of aromatic nitrogens is 2. The van der Waals surface area contributed by atoms with Crippen LogP contribution in [-0.2, 0) is 9.16 Å². The molecule has 1 atom stereocenters. The maximum atomic E-state index is 12.8. The van der Waals surface area contributed by atoms with Crippen molar-refractivity contribution in [1.82, 2.24) is 9.97 Å². The minimum absolute atomic E-state index is 0.0276. The zero-order valence-electron chi connectivity index (χ0n) is 19.4. The van der Waals surface area contributed by atoms with Gasteiger partial charge in [0.2, 0.25) is 5.22 Å². The number of hydrogen-bond donors (Lipinski definition) is 0. The third kappa shape index (κ3) is 5.11. The van der Waals surface area contributed by atoms with Gasteiger partial charge in [-0.15, -0.1) is 0 Å². The second-order valence-electron chi connectivity index (χ2n) is 9.37. The fourth-order valence-electron chi connectivity index (χ4n) is 3.29. The number of aryl methyl sites for hydroxylation is 1. The molecule has 0 spiro atoms. The van der Waals surface area contributed by atoms with Crippen LogP contribution in [0.25, 0.3) is 10.9 Å². The quantitative estimate of drug-likeness (QED) is 0.336. The van der Waals surface area contributed by atoms with E-state index >= 15 is 0 Å². The first-order valence-electron chi connectivity index (χ1n) is 10.5. The Morgan fingerprint density at radius 1 is 1.29 bits per heavy atom. The molecule has 0 radical (unpaired) electrons. The summed E-state index contributed by atoms with van der Waals surface area (Å²) >= 11 is 7.57. The topological polar surface area (TPSA) is 77.7 Å². The van der Waals surface area contributed by atoms with Crippen molar-refractivity contribution in [2.24, 2.45) is 0 Å².